The van der Waals surface area contributed by atoms with Crippen molar-refractivity contribution in [1.82, 2.24) is 0 Å². The van der Waals surface area contributed by atoms with E-state index in [1.165, 1.54) is 53.5 Å². The van der Waals surface area contributed by atoms with Crippen molar-refractivity contribution in [3.8, 4) is 11.1 Å². The molecule has 1 saturated carbocycles. The zero-order chi connectivity index (χ0) is 18.7. The average molecular weight is 352 g/mol. The van der Waals surface area contributed by atoms with E-state index < -0.39 is 0 Å². The van der Waals surface area contributed by atoms with Gasteiger partial charge in [-0.05, 0) is 78.2 Å². The third-order valence-corrected chi connectivity index (χ3v) is 6.11. The van der Waals surface area contributed by atoms with Gasteiger partial charge in [-0.1, -0.05) is 50.2 Å². The summed E-state index contributed by atoms with van der Waals surface area (Å²) in [5, 5.41) is 0. The van der Waals surface area contributed by atoms with Gasteiger partial charge < -0.3 is 10.5 Å². The van der Waals surface area contributed by atoms with Crippen molar-refractivity contribution >= 4 is 5.69 Å². The Hall–Kier alpha value is -1.80. The van der Waals surface area contributed by atoms with Crippen molar-refractivity contribution in [2.24, 2.45) is 5.92 Å². The van der Waals surface area contributed by atoms with Gasteiger partial charge in [0.15, 0.2) is 0 Å². The minimum Gasteiger partial charge on any atom is -0.398 e. The average Bonchev–Trinajstić information content (AvgIpc) is 2.65. The molecule has 2 aromatic carbocycles. The number of anilines is 1. The normalized spacial score (nSPS) is 20.5. The highest BCUT2D eigenvalue weighted by atomic mass is 16.5. The van der Waals surface area contributed by atoms with Gasteiger partial charge in [0.2, 0.25) is 0 Å². The van der Waals surface area contributed by atoms with Crippen LogP contribution in [0.3, 0.4) is 0 Å². The number of hydrogen-bond donors (Lipinski definition) is 1. The molecule has 0 radical (unpaired) electrons. The summed E-state index contributed by atoms with van der Waals surface area (Å²) in [5.74, 6) is 1.91. The Kier molecular flexibility index (Phi) is 6.03. The van der Waals surface area contributed by atoms with Gasteiger partial charge in [-0.15, -0.1) is 0 Å². The Balaban J connectivity index is 1.75. The predicted molar refractivity (Wildman–Crippen MR) is 112 cm³/mol. The lowest BCUT2D eigenvalue weighted by atomic mass is 9.78. The lowest BCUT2D eigenvalue weighted by Crippen LogP contribution is -2.17. The molecule has 1 aliphatic rings. The summed E-state index contributed by atoms with van der Waals surface area (Å²) in [6, 6.07) is 13.6. The summed E-state index contributed by atoms with van der Waals surface area (Å²) in [4.78, 5) is 0. The molecule has 0 saturated heterocycles. The molecule has 3 rings (SSSR count). The summed E-state index contributed by atoms with van der Waals surface area (Å²) >= 11 is 0. The lowest BCUT2D eigenvalue weighted by Gasteiger charge is -2.28. The van der Waals surface area contributed by atoms with E-state index in [0.717, 1.165) is 18.2 Å². The van der Waals surface area contributed by atoms with Gasteiger partial charge in [-0.2, -0.15) is 0 Å². The summed E-state index contributed by atoms with van der Waals surface area (Å²) < 4.78 is 5.32. The third kappa shape index (κ3) is 3.96. The Morgan fingerprint density at radius 1 is 1.00 bits per heavy atom. The van der Waals surface area contributed by atoms with Gasteiger partial charge in [0, 0.05) is 19.4 Å². The molecule has 0 aliphatic heterocycles. The first kappa shape index (κ1) is 19.0. The van der Waals surface area contributed by atoms with Crippen LogP contribution in [-0.4, -0.2) is 13.7 Å². The number of nitrogen functional groups attached to an aromatic ring is 1. The van der Waals surface area contributed by atoms with E-state index in [9.17, 15) is 0 Å². The molecule has 1 fully saturated rings. The van der Waals surface area contributed by atoms with E-state index in [1.807, 2.05) is 7.11 Å². The first-order valence-corrected chi connectivity index (χ1v) is 9.99. The highest BCUT2D eigenvalue weighted by molar-refractivity contribution is 5.75. The first-order valence-electron chi connectivity index (χ1n) is 9.99. The van der Waals surface area contributed by atoms with Gasteiger partial charge in [0.25, 0.3) is 0 Å². The fourth-order valence-electron chi connectivity index (χ4n) is 4.40. The third-order valence-electron chi connectivity index (χ3n) is 6.11. The zero-order valence-electron chi connectivity index (χ0n) is 16.7. The second-order valence-electron chi connectivity index (χ2n) is 8.19. The maximum atomic E-state index is 6.40. The van der Waals surface area contributed by atoms with Gasteiger partial charge in [0.05, 0.1) is 0 Å². The van der Waals surface area contributed by atoms with Crippen molar-refractivity contribution in [1.29, 1.82) is 0 Å². The molecule has 0 bridgehead atoms. The summed E-state index contributed by atoms with van der Waals surface area (Å²) in [6.07, 6.45) is 5.13. The largest absolute Gasteiger partial charge is 0.398 e. The topological polar surface area (TPSA) is 35.2 Å². The van der Waals surface area contributed by atoms with Crippen LogP contribution in [0.25, 0.3) is 11.1 Å². The second kappa shape index (κ2) is 8.26. The number of ether oxygens (including phenoxy) is 1. The van der Waals surface area contributed by atoms with Crippen molar-refractivity contribution < 1.29 is 4.74 Å². The van der Waals surface area contributed by atoms with E-state index in [0.29, 0.717) is 11.8 Å². The quantitative estimate of drug-likeness (QED) is 0.643. The van der Waals surface area contributed by atoms with Gasteiger partial charge in [-0.3, -0.25) is 0 Å². The molecule has 140 valence electrons. The number of hydrogen-bond acceptors (Lipinski definition) is 2. The van der Waals surface area contributed by atoms with Gasteiger partial charge in [-0.25, -0.2) is 0 Å². The number of rotatable bonds is 5. The van der Waals surface area contributed by atoms with Gasteiger partial charge >= 0.3 is 0 Å². The maximum Gasteiger partial charge on any atom is 0.0490 e. The number of nitrogens with two attached hydrogens (primary N) is 1. The molecule has 0 spiro atoms. The van der Waals surface area contributed by atoms with E-state index in [2.05, 4.69) is 57.2 Å². The van der Waals surface area contributed by atoms with Crippen LogP contribution in [0.1, 0.15) is 68.1 Å². The first-order chi connectivity index (χ1) is 12.5. The SMILES string of the molecule is COCC1CCC(c2ccc(-c3ccc(C(C)C)c(N)c3C)cc2)CC1. The molecule has 0 unspecified atom stereocenters. The molecule has 2 N–H and O–H groups in total. The minimum atomic E-state index is 0.457. The Bertz CT molecular complexity index is 725. The maximum absolute atomic E-state index is 6.40. The van der Waals surface area contributed by atoms with Gasteiger partial charge in [0.1, 0.15) is 0 Å². The highest BCUT2D eigenvalue weighted by Crippen LogP contribution is 2.37. The standard InChI is InChI=1S/C24H33NO/c1-16(2)22-13-14-23(17(3)24(22)25)21-11-9-20(10-12-21)19-7-5-18(6-8-19)15-26-4/h9-14,16,18-19H,5-8,15,25H2,1-4H3. The Morgan fingerprint density at radius 2 is 1.65 bits per heavy atom. The molecule has 2 nitrogen and oxygen atoms in total. The molecule has 2 heteroatoms. The monoisotopic (exact) mass is 351 g/mol. The van der Waals surface area contributed by atoms with E-state index in [-0.39, 0.29) is 0 Å². The Labute approximate surface area is 158 Å². The smallest absolute Gasteiger partial charge is 0.0490 e. The van der Waals surface area contributed by atoms with Crippen molar-refractivity contribution in [3.63, 3.8) is 0 Å². The number of methoxy groups -OCH3 is 1. The molecule has 0 aromatic heterocycles. The van der Waals surface area contributed by atoms with Crippen LogP contribution in [0, 0.1) is 12.8 Å². The van der Waals surface area contributed by atoms with Crippen molar-refractivity contribution in [3.05, 3.63) is 53.1 Å². The zero-order valence-corrected chi connectivity index (χ0v) is 16.7. The van der Waals surface area contributed by atoms with Crippen LogP contribution in [0.2, 0.25) is 0 Å². The molecule has 0 heterocycles. The van der Waals surface area contributed by atoms with Crippen LogP contribution >= 0.6 is 0 Å². The molecule has 0 atom stereocenters. The Morgan fingerprint density at radius 3 is 2.23 bits per heavy atom. The molecule has 1 aliphatic carbocycles. The van der Waals surface area contributed by atoms with E-state index in [4.69, 9.17) is 10.5 Å². The van der Waals surface area contributed by atoms with Crippen LogP contribution in [0.5, 0.6) is 0 Å². The van der Waals surface area contributed by atoms with Crippen LogP contribution in [0.15, 0.2) is 36.4 Å². The van der Waals surface area contributed by atoms with E-state index in [1.54, 1.807) is 0 Å². The summed E-state index contributed by atoms with van der Waals surface area (Å²) in [6.45, 7) is 7.45. The molecule has 0 amide bonds. The second-order valence-corrected chi connectivity index (χ2v) is 8.19. The fraction of sp³-hybridized carbons (Fsp3) is 0.500. The molecule has 26 heavy (non-hydrogen) atoms. The summed E-state index contributed by atoms with van der Waals surface area (Å²) in [7, 11) is 1.81. The predicted octanol–water partition coefficient (Wildman–Crippen LogP) is 6.29. The molecular formula is C24H33NO. The van der Waals surface area contributed by atoms with Crippen LogP contribution in [-0.2, 0) is 4.74 Å². The van der Waals surface area contributed by atoms with Crippen molar-refractivity contribution in [2.45, 2.75) is 58.3 Å². The fourth-order valence-corrected chi connectivity index (χ4v) is 4.40. The molecule has 2 aromatic rings. The van der Waals surface area contributed by atoms with Crippen LogP contribution in [0.4, 0.5) is 5.69 Å². The van der Waals surface area contributed by atoms with E-state index >= 15 is 0 Å². The van der Waals surface area contributed by atoms with Crippen LogP contribution < -0.4 is 5.73 Å². The lowest BCUT2D eigenvalue weighted by molar-refractivity contribution is 0.127. The minimum absolute atomic E-state index is 0.457. The summed E-state index contributed by atoms with van der Waals surface area (Å²) in [5.41, 5.74) is 13.8. The highest BCUT2D eigenvalue weighted by Gasteiger charge is 2.22. The number of benzene rings is 2. The van der Waals surface area contributed by atoms with Crippen molar-refractivity contribution in [2.75, 3.05) is 19.5 Å². The molecular weight excluding hydrogens is 318 g/mol.